The van der Waals surface area contributed by atoms with Gasteiger partial charge in [-0.1, -0.05) is 30.3 Å². The summed E-state index contributed by atoms with van der Waals surface area (Å²) in [5.41, 5.74) is 0.522. The summed E-state index contributed by atoms with van der Waals surface area (Å²) in [6.45, 7) is 0.786. The fourth-order valence-corrected chi connectivity index (χ4v) is 3.25. The molecule has 2 rings (SSSR count). The summed E-state index contributed by atoms with van der Waals surface area (Å²) in [7, 11) is 1.73. The molecule has 1 N–H and O–H groups in total. The molecular weight excluding hydrogens is 268 g/mol. The molecule has 0 bridgehead atoms. The maximum Gasteiger partial charge on any atom is 0.141 e. The summed E-state index contributed by atoms with van der Waals surface area (Å²) < 4.78 is 5.07. The van der Waals surface area contributed by atoms with E-state index in [9.17, 15) is 5.26 Å². The molecule has 1 atom stereocenters. The zero-order chi connectivity index (χ0) is 14.3. The lowest BCUT2D eigenvalue weighted by Crippen LogP contribution is -2.44. The molecule has 0 radical (unpaired) electrons. The third kappa shape index (κ3) is 4.24. The van der Waals surface area contributed by atoms with Gasteiger partial charge in [0.1, 0.15) is 5.54 Å². The topological polar surface area (TPSA) is 45.0 Å². The third-order valence-corrected chi connectivity index (χ3v) is 4.66. The molecule has 4 heteroatoms. The van der Waals surface area contributed by atoms with Crippen LogP contribution in [-0.4, -0.2) is 31.3 Å². The van der Waals surface area contributed by atoms with Gasteiger partial charge in [-0.2, -0.15) is 17.0 Å². The van der Waals surface area contributed by atoms with Crippen LogP contribution < -0.4 is 5.32 Å². The summed E-state index contributed by atoms with van der Waals surface area (Å²) in [4.78, 5) is 0. The van der Waals surface area contributed by atoms with Crippen molar-refractivity contribution in [2.24, 2.45) is 0 Å². The second-order valence-electron chi connectivity index (χ2n) is 5.20. The van der Waals surface area contributed by atoms with Gasteiger partial charge in [0.2, 0.25) is 0 Å². The number of rotatable bonds is 9. The minimum Gasteiger partial charge on any atom is -0.385 e. The lowest BCUT2D eigenvalue weighted by atomic mass is 9.93. The Bertz CT molecular complexity index is 442. The Morgan fingerprint density at radius 1 is 1.40 bits per heavy atom. The molecule has 1 aromatic carbocycles. The van der Waals surface area contributed by atoms with Crippen LogP contribution >= 0.6 is 11.8 Å². The van der Waals surface area contributed by atoms with E-state index < -0.39 is 5.54 Å². The minimum atomic E-state index is -0.555. The summed E-state index contributed by atoms with van der Waals surface area (Å²) in [5, 5.41) is 13.3. The van der Waals surface area contributed by atoms with E-state index in [0.29, 0.717) is 6.04 Å². The molecule has 108 valence electrons. The van der Waals surface area contributed by atoms with Crippen molar-refractivity contribution in [1.29, 1.82) is 5.26 Å². The van der Waals surface area contributed by atoms with E-state index in [0.717, 1.165) is 30.1 Å². The van der Waals surface area contributed by atoms with Gasteiger partial charge in [0.15, 0.2) is 0 Å². The van der Waals surface area contributed by atoms with E-state index in [1.165, 1.54) is 12.8 Å². The molecule has 0 spiro atoms. The van der Waals surface area contributed by atoms with Crippen LogP contribution in [0.4, 0.5) is 0 Å². The van der Waals surface area contributed by atoms with Gasteiger partial charge in [-0.05, 0) is 30.6 Å². The van der Waals surface area contributed by atoms with Crippen LogP contribution in [0.5, 0.6) is 0 Å². The van der Waals surface area contributed by atoms with E-state index >= 15 is 0 Å². The van der Waals surface area contributed by atoms with Crippen molar-refractivity contribution in [3.63, 3.8) is 0 Å². The van der Waals surface area contributed by atoms with Crippen LogP contribution in [-0.2, 0) is 10.3 Å². The zero-order valence-corrected chi connectivity index (χ0v) is 12.8. The molecular formula is C16H22N2OS. The van der Waals surface area contributed by atoms with Crippen LogP contribution in [0, 0.1) is 11.3 Å². The van der Waals surface area contributed by atoms with Crippen molar-refractivity contribution in [2.45, 2.75) is 30.8 Å². The molecule has 1 fully saturated rings. The Morgan fingerprint density at radius 3 is 2.75 bits per heavy atom. The number of benzene rings is 1. The van der Waals surface area contributed by atoms with Gasteiger partial charge >= 0.3 is 0 Å². The zero-order valence-electron chi connectivity index (χ0n) is 12.0. The molecule has 0 heterocycles. The summed E-state index contributed by atoms with van der Waals surface area (Å²) >= 11 is 1.82. The molecule has 0 saturated heterocycles. The van der Waals surface area contributed by atoms with Gasteiger partial charge in [-0.3, -0.25) is 5.32 Å². The van der Waals surface area contributed by atoms with E-state index in [-0.39, 0.29) is 0 Å². The standard InChI is InChI=1S/C16H22N2OS/c1-19-10-5-11-20-13-16(12-17,18-15-8-9-15)14-6-3-2-4-7-14/h2-4,6-7,15,18H,5,8-11,13H2,1H3. The molecule has 1 unspecified atom stereocenters. The van der Waals surface area contributed by atoms with Gasteiger partial charge < -0.3 is 4.74 Å². The van der Waals surface area contributed by atoms with Crippen molar-refractivity contribution < 1.29 is 4.74 Å². The number of ether oxygens (including phenoxy) is 1. The van der Waals surface area contributed by atoms with E-state index in [4.69, 9.17) is 4.74 Å². The monoisotopic (exact) mass is 290 g/mol. The number of thioether (sulfide) groups is 1. The fraction of sp³-hybridized carbons (Fsp3) is 0.562. The quantitative estimate of drug-likeness (QED) is 0.710. The molecule has 3 nitrogen and oxygen atoms in total. The number of hydrogen-bond acceptors (Lipinski definition) is 4. The highest BCUT2D eigenvalue weighted by molar-refractivity contribution is 7.99. The largest absolute Gasteiger partial charge is 0.385 e. The Balaban J connectivity index is 2.01. The highest BCUT2D eigenvalue weighted by atomic mass is 32.2. The maximum absolute atomic E-state index is 9.76. The minimum absolute atomic E-state index is 0.509. The predicted molar refractivity (Wildman–Crippen MR) is 83.7 cm³/mol. The second kappa shape index (κ2) is 7.68. The Hall–Kier alpha value is -1.02. The highest BCUT2D eigenvalue weighted by Crippen LogP contribution is 2.31. The normalized spacial score (nSPS) is 17.4. The number of methoxy groups -OCH3 is 1. The first-order valence-electron chi connectivity index (χ1n) is 7.12. The highest BCUT2D eigenvalue weighted by Gasteiger charge is 2.37. The first kappa shape index (κ1) is 15.4. The van der Waals surface area contributed by atoms with Crippen LogP contribution in [0.1, 0.15) is 24.8 Å². The first-order chi connectivity index (χ1) is 9.80. The van der Waals surface area contributed by atoms with E-state index in [1.807, 2.05) is 42.1 Å². The van der Waals surface area contributed by atoms with Gasteiger partial charge in [0.05, 0.1) is 6.07 Å². The SMILES string of the molecule is COCCCSCC(C#N)(NC1CC1)c1ccccc1. The molecule has 0 amide bonds. The molecule has 20 heavy (non-hydrogen) atoms. The molecule has 1 aliphatic rings. The van der Waals surface area contributed by atoms with Gasteiger partial charge in [0, 0.05) is 25.5 Å². The lowest BCUT2D eigenvalue weighted by Gasteiger charge is -2.28. The predicted octanol–water partition coefficient (Wildman–Crippen LogP) is 2.93. The molecule has 0 aromatic heterocycles. The van der Waals surface area contributed by atoms with Crippen LogP contribution in [0.3, 0.4) is 0 Å². The Morgan fingerprint density at radius 2 is 2.15 bits per heavy atom. The van der Waals surface area contributed by atoms with Gasteiger partial charge in [0.25, 0.3) is 0 Å². The fourth-order valence-electron chi connectivity index (χ4n) is 2.17. The van der Waals surface area contributed by atoms with Crippen molar-refractivity contribution in [2.75, 3.05) is 25.2 Å². The smallest absolute Gasteiger partial charge is 0.141 e. The van der Waals surface area contributed by atoms with E-state index in [2.05, 4.69) is 11.4 Å². The average Bonchev–Trinajstić information content (AvgIpc) is 3.30. The lowest BCUT2D eigenvalue weighted by molar-refractivity contribution is 0.200. The van der Waals surface area contributed by atoms with Gasteiger partial charge in [-0.15, -0.1) is 0 Å². The first-order valence-corrected chi connectivity index (χ1v) is 8.27. The van der Waals surface area contributed by atoms with Gasteiger partial charge in [-0.25, -0.2) is 0 Å². The van der Waals surface area contributed by atoms with E-state index in [1.54, 1.807) is 7.11 Å². The molecule has 1 aliphatic carbocycles. The number of nitrogens with zero attached hydrogens (tertiary/aromatic N) is 1. The molecule has 1 aromatic rings. The Kier molecular flexibility index (Phi) is 5.90. The third-order valence-electron chi connectivity index (χ3n) is 3.44. The second-order valence-corrected chi connectivity index (χ2v) is 6.31. The number of nitriles is 1. The van der Waals surface area contributed by atoms with Crippen molar-refractivity contribution in [3.8, 4) is 6.07 Å². The van der Waals surface area contributed by atoms with Crippen LogP contribution in [0.2, 0.25) is 0 Å². The number of nitrogens with one attached hydrogen (secondary N) is 1. The maximum atomic E-state index is 9.76. The van der Waals surface area contributed by atoms with Crippen molar-refractivity contribution >= 4 is 11.8 Å². The van der Waals surface area contributed by atoms with Crippen LogP contribution in [0.25, 0.3) is 0 Å². The van der Waals surface area contributed by atoms with Crippen LogP contribution in [0.15, 0.2) is 30.3 Å². The van der Waals surface area contributed by atoms with Crippen molar-refractivity contribution in [1.82, 2.24) is 5.32 Å². The average molecular weight is 290 g/mol. The Labute approximate surface area is 125 Å². The summed E-state index contributed by atoms with van der Waals surface area (Å²) in [6, 6.07) is 13.1. The number of hydrogen-bond donors (Lipinski definition) is 1. The summed E-state index contributed by atoms with van der Waals surface area (Å²) in [5.74, 6) is 1.81. The van der Waals surface area contributed by atoms with Crippen molar-refractivity contribution in [3.05, 3.63) is 35.9 Å². The summed E-state index contributed by atoms with van der Waals surface area (Å²) in [6.07, 6.45) is 3.40. The molecule has 1 saturated carbocycles. The molecule has 0 aliphatic heterocycles.